The lowest BCUT2D eigenvalue weighted by molar-refractivity contribution is 0.612. The van der Waals surface area contributed by atoms with Gasteiger partial charge in [0, 0.05) is 42.0 Å². The quantitative estimate of drug-likeness (QED) is 0.186. The smallest absolute Gasteiger partial charge is 0.161 e. The summed E-state index contributed by atoms with van der Waals surface area (Å²) in [6, 6.07) is 58.1. The Kier molecular flexibility index (Phi) is 8.86. The highest BCUT2D eigenvalue weighted by molar-refractivity contribution is 8.00. The molecule has 0 bridgehead atoms. The molecule has 2 unspecified atom stereocenters. The molecule has 0 fully saturated rings. The van der Waals surface area contributed by atoms with E-state index in [-0.39, 0.29) is 5.41 Å². The first-order chi connectivity index (χ1) is 30.9. The summed E-state index contributed by atoms with van der Waals surface area (Å²) >= 11 is 3.53. The van der Waals surface area contributed by atoms with Crippen molar-refractivity contribution in [2.75, 3.05) is 9.80 Å². The maximum atomic E-state index is 11.3. The minimum absolute atomic E-state index is 0.117. The molecule has 7 aromatic rings. The van der Waals surface area contributed by atoms with Crippen LogP contribution in [0, 0.1) is 11.3 Å². The van der Waals surface area contributed by atoms with Crippen molar-refractivity contribution in [1.82, 2.24) is 5.32 Å². The van der Waals surface area contributed by atoms with Gasteiger partial charge in [-0.15, -0.1) is 0 Å². The number of benzene rings is 7. The molecular formula is C55H40N6S2. The van der Waals surface area contributed by atoms with Crippen LogP contribution in [0.3, 0.4) is 0 Å². The molecule has 0 amide bonds. The van der Waals surface area contributed by atoms with Crippen molar-refractivity contribution in [3.8, 4) is 6.07 Å². The van der Waals surface area contributed by atoms with E-state index in [9.17, 15) is 5.26 Å². The number of aliphatic imine (C=N–C) groups is 2. The van der Waals surface area contributed by atoms with Gasteiger partial charge in [-0.1, -0.05) is 152 Å². The third kappa shape index (κ3) is 6.10. The van der Waals surface area contributed by atoms with E-state index in [1.807, 2.05) is 12.1 Å². The molecule has 3 heterocycles. The number of allylic oxidation sites excluding steroid dienone is 4. The third-order valence-electron chi connectivity index (χ3n) is 12.9. The molecule has 2 atom stereocenters. The molecule has 1 N–H and O–H groups in total. The van der Waals surface area contributed by atoms with E-state index < -0.39 is 6.17 Å². The fourth-order valence-corrected chi connectivity index (χ4v) is 12.1. The average molecular weight is 849 g/mol. The molecule has 0 radical (unpaired) electrons. The lowest BCUT2D eigenvalue weighted by Gasteiger charge is -2.37. The molecular weight excluding hydrogens is 809 g/mol. The SMILES string of the molecule is CC1(C)C2=CC=CCC2c2ccc(C3=NC(c4cc(C#N)c(N5c6ccccc6Sc6ccccc65)cc4N4c5ccccc5Sc5ccccc54)=NC(c4ccccc4)N3)cc21. The minimum Gasteiger partial charge on any atom is -0.344 e. The Morgan fingerprint density at radius 3 is 1.83 bits per heavy atom. The van der Waals surface area contributed by atoms with Crippen LogP contribution >= 0.6 is 23.5 Å². The predicted molar refractivity (Wildman–Crippen MR) is 258 cm³/mol. The van der Waals surface area contributed by atoms with Gasteiger partial charge in [-0.2, -0.15) is 5.26 Å². The molecule has 0 saturated heterocycles. The Bertz CT molecular complexity index is 3120. The van der Waals surface area contributed by atoms with Gasteiger partial charge in [0.15, 0.2) is 5.84 Å². The molecule has 3 aliphatic heterocycles. The lowest BCUT2D eigenvalue weighted by Crippen LogP contribution is -2.34. The maximum absolute atomic E-state index is 11.3. The molecule has 12 rings (SSSR count). The summed E-state index contributed by atoms with van der Waals surface area (Å²) in [4.78, 5) is 20.1. The van der Waals surface area contributed by atoms with Crippen LogP contribution in [0.5, 0.6) is 0 Å². The zero-order chi connectivity index (χ0) is 42.2. The summed E-state index contributed by atoms with van der Waals surface area (Å²) in [7, 11) is 0. The zero-order valence-electron chi connectivity index (χ0n) is 34.7. The second-order valence-corrected chi connectivity index (χ2v) is 19.0. The van der Waals surface area contributed by atoms with Gasteiger partial charge in [0.05, 0.1) is 39.7 Å². The Morgan fingerprint density at radius 2 is 1.22 bits per heavy atom. The summed E-state index contributed by atoms with van der Waals surface area (Å²) in [5.74, 6) is 1.69. The van der Waals surface area contributed by atoms with Gasteiger partial charge in [-0.25, -0.2) is 9.98 Å². The molecule has 0 aromatic heterocycles. The summed E-state index contributed by atoms with van der Waals surface area (Å²) in [5.41, 5.74) is 13.2. The minimum atomic E-state index is -0.433. The molecule has 5 aliphatic rings. The highest BCUT2D eigenvalue weighted by Gasteiger charge is 2.42. The van der Waals surface area contributed by atoms with Gasteiger partial charge >= 0.3 is 0 Å². The first kappa shape index (κ1) is 37.7. The standard InChI is InChI=1S/C55H40N6S2/c1-55(2)40-19-7-6-18-37(40)38-29-28-35(31-41(38)55)53-57-52(34-16-4-3-5-17-34)58-54(59-53)39-30-36(33-56)46(60-42-20-8-12-24-48(42)62-49-25-13-9-21-43(49)60)32-47(39)61-44-22-10-14-26-50(44)63-51-27-15-11-23-45(51)61/h3-17,19-32,37,52H,18H2,1-2H3,(H,57,58,59). The van der Waals surface area contributed by atoms with E-state index in [0.717, 1.165) is 82.7 Å². The van der Waals surface area contributed by atoms with Crippen LogP contribution in [-0.4, -0.2) is 11.7 Å². The third-order valence-corrected chi connectivity index (χ3v) is 15.2. The number of para-hydroxylation sites is 4. The maximum Gasteiger partial charge on any atom is 0.161 e. The second-order valence-electron chi connectivity index (χ2n) is 16.9. The van der Waals surface area contributed by atoms with Crippen LogP contribution in [0.4, 0.5) is 34.1 Å². The van der Waals surface area contributed by atoms with E-state index in [1.165, 1.54) is 16.7 Å². The zero-order valence-corrected chi connectivity index (χ0v) is 36.3. The van der Waals surface area contributed by atoms with Gasteiger partial charge in [0.2, 0.25) is 0 Å². The van der Waals surface area contributed by atoms with Crippen molar-refractivity contribution in [3.05, 3.63) is 215 Å². The molecule has 0 saturated carbocycles. The molecule has 302 valence electrons. The van der Waals surface area contributed by atoms with Crippen molar-refractivity contribution in [2.24, 2.45) is 9.98 Å². The van der Waals surface area contributed by atoms with Gasteiger partial charge in [-0.3, -0.25) is 0 Å². The lowest BCUT2D eigenvalue weighted by atomic mass is 9.79. The Morgan fingerprint density at radius 1 is 0.651 bits per heavy atom. The van der Waals surface area contributed by atoms with Crippen LogP contribution in [0.1, 0.15) is 65.7 Å². The number of nitriles is 1. The van der Waals surface area contributed by atoms with Crippen molar-refractivity contribution in [3.63, 3.8) is 0 Å². The predicted octanol–water partition coefficient (Wildman–Crippen LogP) is 14.2. The first-order valence-corrected chi connectivity index (χ1v) is 23.0. The molecule has 63 heavy (non-hydrogen) atoms. The number of nitrogens with zero attached hydrogens (tertiary/aromatic N) is 5. The Balaban J connectivity index is 1.11. The summed E-state index contributed by atoms with van der Waals surface area (Å²) in [5, 5.41) is 15.0. The number of hydrogen-bond donors (Lipinski definition) is 1. The van der Waals surface area contributed by atoms with Crippen LogP contribution < -0.4 is 15.1 Å². The van der Waals surface area contributed by atoms with Crippen LogP contribution in [0.15, 0.2) is 211 Å². The Hall–Kier alpha value is -7.05. The topological polar surface area (TPSA) is 67.0 Å². The molecule has 8 heteroatoms. The molecule has 6 nitrogen and oxygen atoms in total. The normalized spacial score (nSPS) is 18.5. The van der Waals surface area contributed by atoms with E-state index in [4.69, 9.17) is 9.98 Å². The number of anilines is 6. The summed E-state index contributed by atoms with van der Waals surface area (Å²) in [6.45, 7) is 4.69. The fourth-order valence-electron chi connectivity index (χ4n) is 9.94. The largest absolute Gasteiger partial charge is 0.344 e. The van der Waals surface area contributed by atoms with Crippen LogP contribution in [-0.2, 0) is 5.41 Å². The van der Waals surface area contributed by atoms with Crippen LogP contribution in [0.2, 0.25) is 0 Å². The monoisotopic (exact) mass is 848 g/mol. The van der Waals surface area contributed by atoms with E-state index in [2.05, 4.69) is 199 Å². The number of amidine groups is 2. The Labute approximate surface area is 376 Å². The fraction of sp³-hybridized carbons (Fsp3) is 0.109. The second kappa shape index (κ2) is 14.8. The van der Waals surface area contributed by atoms with Crippen molar-refractivity contribution in [1.29, 1.82) is 5.26 Å². The van der Waals surface area contributed by atoms with Crippen molar-refractivity contribution in [2.45, 2.75) is 57.3 Å². The van der Waals surface area contributed by atoms with Gasteiger partial charge < -0.3 is 15.1 Å². The van der Waals surface area contributed by atoms with Crippen molar-refractivity contribution >= 4 is 69.3 Å². The van der Waals surface area contributed by atoms with Gasteiger partial charge in [0.25, 0.3) is 0 Å². The van der Waals surface area contributed by atoms with Gasteiger partial charge in [-0.05, 0) is 89.8 Å². The first-order valence-electron chi connectivity index (χ1n) is 21.4. The molecule has 7 aromatic carbocycles. The number of nitrogens with one attached hydrogen (secondary N) is 1. The average Bonchev–Trinajstić information content (AvgIpc) is 3.57. The highest BCUT2D eigenvalue weighted by atomic mass is 32.2. The van der Waals surface area contributed by atoms with E-state index in [1.54, 1.807) is 23.5 Å². The van der Waals surface area contributed by atoms with Gasteiger partial charge in [0.1, 0.15) is 18.1 Å². The van der Waals surface area contributed by atoms with Crippen molar-refractivity contribution < 1.29 is 0 Å². The highest BCUT2D eigenvalue weighted by Crippen LogP contribution is 2.57. The molecule has 2 aliphatic carbocycles. The number of rotatable bonds is 5. The van der Waals surface area contributed by atoms with E-state index in [0.29, 0.717) is 17.3 Å². The van der Waals surface area contributed by atoms with E-state index >= 15 is 0 Å². The number of hydrogen-bond acceptors (Lipinski definition) is 8. The summed E-state index contributed by atoms with van der Waals surface area (Å²) in [6.07, 6.45) is 7.39. The summed E-state index contributed by atoms with van der Waals surface area (Å²) < 4.78 is 0. The molecule has 0 spiro atoms. The number of fused-ring (bicyclic) bond motifs is 7. The van der Waals surface area contributed by atoms with Crippen LogP contribution in [0.25, 0.3) is 0 Å².